The summed E-state index contributed by atoms with van der Waals surface area (Å²) >= 11 is 1.93. The Kier molecular flexibility index (Phi) is 4.84. The number of rotatable bonds is 1. The maximum atomic E-state index is 2.44. The van der Waals surface area contributed by atoms with Gasteiger partial charge >= 0.3 is 0 Å². The fourth-order valence-corrected chi connectivity index (χ4v) is 9.56. The van der Waals surface area contributed by atoms with Crippen LogP contribution in [0.2, 0.25) is 0 Å². The van der Waals surface area contributed by atoms with Crippen molar-refractivity contribution in [2.24, 2.45) is 0 Å². The van der Waals surface area contributed by atoms with Crippen molar-refractivity contribution in [3.8, 4) is 16.8 Å². The molecule has 1 aliphatic carbocycles. The van der Waals surface area contributed by atoms with Crippen LogP contribution >= 0.6 is 11.3 Å². The standard InChI is InChI=1S/C44H26NS/c1-5-13-31-26(9-1)17-21-39-42(31)32-14-6-3-11-28(32)25-45(39)29-18-22-40-38(24-29)43-36-20-19-33-30-12-4-2-10-27(30)23-37(33)41(36)34-15-7-8-16-35(34)44(43)46-40/h1-22,24-25H,23H2/q+1. The number of hydrogen-bond donors (Lipinski definition) is 0. The summed E-state index contributed by atoms with van der Waals surface area (Å²) in [7, 11) is 0. The Morgan fingerprint density at radius 3 is 2.11 bits per heavy atom. The number of hydrogen-bond acceptors (Lipinski definition) is 1. The predicted molar refractivity (Wildman–Crippen MR) is 197 cm³/mol. The highest BCUT2D eigenvalue weighted by Crippen LogP contribution is 2.49. The summed E-state index contributed by atoms with van der Waals surface area (Å²) in [6, 6.07) is 52.0. The van der Waals surface area contributed by atoms with Crippen LogP contribution in [0.5, 0.6) is 0 Å². The highest BCUT2D eigenvalue weighted by Gasteiger charge is 2.25. The first-order valence-electron chi connectivity index (χ1n) is 16.0. The van der Waals surface area contributed by atoms with Gasteiger partial charge in [-0.15, -0.1) is 11.3 Å². The second-order valence-electron chi connectivity index (χ2n) is 12.6. The number of thiophene rings is 1. The molecule has 8 aromatic carbocycles. The molecule has 46 heavy (non-hydrogen) atoms. The highest BCUT2D eigenvalue weighted by atomic mass is 32.1. The molecule has 1 aliphatic rings. The molecule has 0 radical (unpaired) electrons. The van der Waals surface area contributed by atoms with E-state index in [1.54, 1.807) is 0 Å². The van der Waals surface area contributed by atoms with E-state index in [2.05, 4.69) is 150 Å². The zero-order valence-electron chi connectivity index (χ0n) is 24.9. The zero-order valence-corrected chi connectivity index (χ0v) is 25.7. The maximum Gasteiger partial charge on any atom is 0.219 e. The molecule has 10 aromatic rings. The van der Waals surface area contributed by atoms with E-state index in [9.17, 15) is 0 Å². The smallest absolute Gasteiger partial charge is 0.159 e. The molecule has 0 unspecified atom stereocenters. The van der Waals surface area contributed by atoms with Crippen LogP contribution < -0.4 is 4.57 Å². The average molecular weight is 601 g/mol. The third kappa shape index (κ3) is 3.21. The van der Waals surface area contributed by atoms with Crippen molar-refractivity contribution in [1.82, 2.24) is 0 Å². The van der Waals surface area contributed by atoms with Gasteiger partial charge in [-0.3, -0.25) is 0 Å². The molecule has 2 heterocycles. The van der Waals surface area contributed by atoms with Gasteiger partial charge in [-0.25, -0.2) is 0 Å². The Balaban J connectivity index is 1.26. The zero-order chi connectivity index (χ0) is 29.9. The molecule has 0 amide bonds. The van der Waals surface area contributed by atoms with Gasteiger partial charge in [0, 0.05) is 54.5 Å². The summed E-state index contributed by atoms with van der Waals surface area (Å²) in [5, 5.41) is 14.6. The summed E-state index contributed by atoms with van der Waals surface area (Å²) in [5.41, 5.74) is 8.08. The van der Waals surface area contributed by atoms with Crippen LogP contribution in [0.4, 0.5) is 0 Å². The third-order valence-corrected chi connectivity index (χ3v) is 11.5. The Hall–Kier alpha value is -5.57. The minimum absolute atomic E-state index is 0.985. The molecule has 0 fully saturated rings. The Morgan fingerprint density at radius 1 is 0.478 bits per heavy atom. The van der Waals surface area contributed by atoms with Gasteiger partial charge in [0.25, 0.3) is 0 Å². The molecule has 0 bridgehead atoms. The SMILES string of the molecule is c1ccc2c(c1)Cc1c-2ccc2c1c1ccccc1c1sc3ccc(-[n+]4cc5ccccc5c5c6ccccc6ccc54)cc3c21. The van der Waals surface area contributed by atoms with Crippen LogP contribution in [0.25, 0.3) is 91.0 Å². The minimum atomic E-state index is 0.985. The quantitative estimate of drug-likeness (QED) is 0.130. The summed E-state index contributed by atoms with van der Waals surface area (Å²) in [4.78, 5) is 0. The fourth-order valence-electron chi connectivity index (χ4n) is 8.32. The Bertz CT molecular complexity index is 2930. The Morgan fingerprint density at radius 2 is 1.22 bits per heavy atom. The second kappa shape index (κ2) is 9.00. The largest absolute Gasteiger partial charge is 0.219 e. The van der Waals surface area contributed by atoms with Gasteiger partial charge in [-0.05, 0) is 73.8 Å². The van der Waals surface area contributed by atoms with E-state index in [0.717, 1.165) is 6.42 Å². The van der Waals surface area contributed by atoms with Crippen LogP contribution in [0.1, 0.15) is 11.1 Å². The number of aromatic nitrogens is 1. The van der Waals surface area contributed by atoms with Crippen LogP contribution in [-0.4, -0.2) is 0 Å². The summed E-state index contributed by atoms with van der Waals surface area (Å²) in [5.74, 6) is 0. The van der Waals surface area contributed by atoms with E-state index >= 15 is 0 Å². The van der Waals surface area contributed by atoms with Gasteiger partial charge < -0.3 is 0 Å². The minimum Gasteiger partial charge on any atom is -0.159 e. The molecular weight excluding hydrogens is 575 g/mol. The molecule has 0 spiro atoms. The maximum absolute atomic E-state index is 2.44. The molecular formula is C44H26NS+. The molecule has 2 aromatic heterocycles. The first-order chi connectivity index (χ1) is 22.8. The molecule has 0 N–H and O–H groups in total. The lowest BCUT2D eigenvalue weighted by Crippen LogP contribution is -2.31. The summed E-state index contributed by atoms with van der Waals surface area (Å²) < 4.78 is 5.12. The van der Waals surface area contributed by atoms with E-state index in [1.807, 2.05) is 11.3 Å². The summed E-state index contributed by atoms with van der Waals surface area (Å²) in [6.45, 7) is 0. The Labute approximate surface area is 269 Å². The van der Waals surface area contributed by atoms with Gasteiger partial charge in [0.1, 0.15) is 0 Å². The first kappa shape index (κ1) is 24.7. The van der Waals surface area contributed by atoms with Crippen molar-refractivity contribution < 1.29 is 4.57 Å². The molecule has 0 aliphatic heterocycles. The number of nitrogens with zero attached hydrogens (tertiary/aromatic N) is 1. The van der Waals surface area contributed by atoms with Crippen LogP contribution in [-0.2, 0) is 6.42 Å². The van der Waals surface area contributed by atoms with Gasteiger partial charge in [0.15, 0.2) is 6.20 Å². The lowest BCUT2D eigenvalue weighted by molar-refractivity contribution is -0.565. The van der Waals surface area contributed by atoms with Gasteiger partial charge in [-0.1, -0.05) is 103 Å². The lowest BCUT2D eigenvalue weighted by Gasteiger charge is -2.12. The van der Waals surface area contributed by atoms with E-state index in [1.165, 1.54) is 102 Å². The van der Waals surface area contributed by atoms with Gasteiger partial charge in [0.2, 0.25) is 11.2 Å². The van der Waals surface area contributed by atoms with E-state index < -0.39 is 0 Å². The van der Waals surface area contributed by atoms with Crippen molar-refractivity contribution in [3.63, 3.8) is 0 Å². The fraction of sp³-hybridized carbons (Fsp3) is 0.0227. The first-order valence-corrected chi connectivity index (χ1v) is 16.8. The molecule has 2 heteroatoms. The molecule has 212 valence electrons. The number of fused-ring (bicyclic) bond motifs is 17. The third-order valence-electron chi connectivity index (χ3n) is 10.3. The monoisotopic (exact) mass is 600 g/mol. The van der Waals surface area contributed by atoms with Crippen molar-refractivity contribution >= 4 is 85.5 Å². The predicted octanol–water partition coefficient (Wildman–Crippen LogP) is 11.7. The van der Waals surface area contributed by atoms with Gasteiger partial charge in [-0.2, -0.15) is 4.57 Å². The molecule has 11 rings (SSSR count). The van der Waals surface area contributed by atoms with E-state index in [-0.39, 0.29) is 0 Å². The lowest BCUT2D eigenvalue weighted by atomic mass is 9.91. The topological polar surface area (TPSA) is 3.88 Å². The van der Waals surface area contributed by atoms with Crippen LogP contribution in [0.3, 0.4) is 0 Å². The van der Waals surface area contributed by atoms with Crippen molar-refractivity contribution in [3.05, 3.63) is 157 Å². The van der Waals surface area contributed by atoms with E-state index in [0.29, 0.717) is 0 Å². The number of benzene rings is 8. The van der Waals surface area contributed by atoms with Crippen molar-refractivity contribution in [2.75, 3.05) is 0 Å². The van der Waals surface area contributed by atoms with Crippen molar-refractivity contribution in [1.29, 1.82) is 0 Å². The number of pyridine rings is 1. The molecule has 1 nitrogen and oxygen atoms in total. The molecule has 0 atom stereocenters. The molecule has 0 saturated heterocycles. The highest BCUT2D eigenvalue weighted by molar-refractivity contribution is 7.27. The van der Waals surface area contributed by atoms with E-state index in [4.69, 9.17) is 0 Å². The second-order valence-corrected chi connectivity index (χ2v) is 13.7. The normalized spacial score (nSPS) is 12.7. The van der Waals surface area contributed by atoms with Crippen LogP contribution in [0.15, 0.2) is 146 Å². The van der Waals surface area contributed by atoms with Crippen molar-refractivity contribution in [2.45, 2.75) is 6.42 Å². The summed E-state index contributed by atoms with van der Waals surface area (Å²) in [6.07, 6.45) is 3.30. The molecule has 0 saturated carbocycles. The average Bonchev–Trinajstić information content (AvgIpc) is 3.70. The van der Waals surface area contributed by atoms with Crippen LogP contribution in [0, 0.1) is 0 Å². The van der Waals surface area contributed by atoms with Gasteiger partial charge in [0.05, 0.1) is 5.39 Å².